The molecule has 1 aromatic heterocycles. The van der Waals surface area contributed by atoms with Crippen molar-refractivity contribution in [3.63, 3.8) is 0 Å². The van der Waals surface area contributed by atoms with Crippen molar-refractivity contribution in [1.29, 1.82) is 0 Å². The molecule has 2 nitrogen and oxygen atoms in total. The standard InChI is InChI=1S/C23H28N2S/c1-5-20-21(14-19-12-7-6-8-13-19)26-23(25-20)24-15-18(4)22-16(2)10-9-11-17(22)3/h6-13,18H,5,14-15H2,1-4H3,(H,24,25). The first-order valence-electron chi connectivity index (χ1n) is 9.41. The summed E-state index contributed by atoms with van der Waals surface area (Å²) < 4.78 is 0. The molecule has 0 spiro atoms. The smallest absolute Gasteiger partial charge is 0.183 e. The number of anilines is 1. The summed E-state index contributed by atoms with van der Waals surface area (Å²) >= 11 is 1.80. The number of rotatable bonds is 7. The van der Waals surface area contributed by atoms with Crippen molar-refractivity contribution in [1.82, 2.24) is 4.98 Å². The summed E-state index contributed by atoms with van der Waals surface area (Å²) in [6.45, 7) is 9.80. The maximum Gasteiger partial charge on any atom is 0.183 e. The highest BCUT2D eigenvalue weighted by Gasteiger charge is 2.14. The summed E-state index contributed by atoms with van der Waals surface area (Å²) in [4.78, 5) is 6.22. The Hall–Kier alpha value is -2.13. The third kappa shape index (κ3) is 4.34. The molecule has 0 saturated heterocycles. The van der Waals surface area contributed by atoms with Crippen LogP contribution in [0.5, 0.6) is 0 Å². The number of benzene rings is 2. The largest absolute Gasteiger partial charge is 0.361 e. The zero-order valence-corrected chi connectivity index (χ0v) is 17.0. The van der Waals surface area contributed by atoms with E-state index in [4.69, 9.17) is 4.98 Å². The van der Waals surface area contributed by atoms with Crippen molar-refractivity contribution in [2.24, 2.45) is 0 Å². The first-order valence-corrected chi connectivity index (χ1v) is 10.2. The third-order valence-electron chi connectivity index (χ3n) is 4.92. The summed E-state index contributed by atoms with van der Waals surface area (Å²) in [6.07, 6.45) is 1.95. The Morgan fingerprint density at radius 1 is 1.00 bits per heavy atom. The monoisotopic (exact) mass is 364 g/mol. The molecule has 0 radical (unpaired) electrons. The molecule has 0 bridgehead atoms. The molecule has 0 aliphatic heterocycles. The maximum absolute atomic E-state index is 4.84. The van der Waals surface area contributed by atoms with Crippen LogP contribution in [0.25, 0.3) is 0 Å². The van der Waals surface area contributed by atoms with Gasteiger partial charge in [0.25, 0.3) is 0 Å². The normalized spacial score (nSPS) is 12.2. The molecule has 0 saturated carbocycles. The van der Waals surface area contributed by atoms with Crippen LogP contribution in [0.4, 0.5) is 5.13 Å². The predicted molar refractivity (Wildman–Crippen MR) is 114 cm³/mol. The van der Waals surface area contributed by atoms with Crippen LogP contribution in [0.1, 0.15) is 52.6 Å². The summed E-state index contributed by atoms with van der Waals surface area (Å²) in [6, 6.07) is 17.2. The van der Waals surface area contributed by atoms with Gasteiger partial charge in [-0.25, -0.2) is 4.98 Å². The van der Waals surface area contributed by atoms with Gasteiger partial charge in [0.2, 0.25) is 0 Å². The van der Waals surface area contributed by atoms with Crippen molar-refractivity contribution in [3.8, 4) is 0 Å². The average molecular weight is 365 g/mol. The van der Waals surface area contributed by atoms with Crippen LogP contribution in [-0.2, 0) is 12.8 Å². The van der Waals surface area contributed by atoms with Crippen LogP contribution in [0.2, 0.25) is 0 Å². The van der Waals surface area contributed by atoms with E-state index in [-0.39, 0.29) is 0 Å². The van der Waals surface area contributed by atoms with E-state index in [1.807, 2.05) is 0 Å². The molecule has 0 aliphatic carbocycles. The van der Waals surface area contributed by atoms with E-state index in [1.54, 1.807) is 11.3 Å². The number of thiazole rings is 1. The molecule has 0 fully saturated rings. The lowest BCUT2D eigenvalue weighted by molar-refractivity contribution is 0.788. The van der Waals surface area contributed by atoms with Crippen molar-refractivity contribution < 1.29 is 0 Å². The fourth-order valence-electron chi connectivity index (χ4n) is 3.60. The SMILES string of the molecule is CCc1nc(NCC(C)c2c(C)cccc2C)sc1Cc1ccccc1. The Bertz CT molecular complexity index is 832. The molecule has 1 heterocycles. The van der Waals surface area contributed by atoms with Gasteiger partial charge < -0.3 is 5.32 Å². The Labute approximate surface area is 161 Å². The number of aromatic nitrogens is 1. The zero-order chi connectivity index (χ0) is 18.5. The van der Waals surface area contributed by atoms with Gasteiger partial charge in [0, 0.05) is 17.8 Å². The van der Waals surface area contributed by atoms with Gasteiger partial charge in [-0.2, -0.15) is 0 Å². The summed E-state index contributed by atoms with van der Waals surface area (Å²) in [5.41, 5.74) is 6.77. The van der Waals surface area contributed by atoms with Crippen molar-refractivity contribution in [2.75, 3.05) is 11.9 Å². The van der Waals surface area contributed by atoms with Gasteiger partial charge in [-0.3, -0.25) is 0 Å². The summed E-state index contributed by atoms with van der Waals surface area (Å²) in [7, 11) is 0. The minimum atomic E-state index is 0.461. The molecule has 1 unspecified atom stereocenters. The molecular formula is C23H28N2S. The second kappa shape index (κ2) is 8.50. The van der Waals surface area contributed by atoms with Crippen LogP contribution >= 0.6 is 11.3 Å². The van der Waals surface area contributed by atoms with Gasteiger partial charge in [-0.05, 0) is 48.4 Å². The number of hydrogen-bond acceptors (Lipinski definition) is 3. The number of nitrogens with one attached hydrogen (secondary N) is 1. The molecular weight excluding hydrogens is 336 g/mol. The third-order valence-corrected chi connectivity index (χ3v) is 5.97. The van der Waals surface area contributed by atoms with E-state index in [2.05, 4.69) is 81.5 Å². The molecule has 1 atom stereocenters. The maximum atomic E-state index is 4.84. The molecule has 2 aromatic carbocycles. The lowest BCUT2D eigenvalue weighted by atomic mass is 9.92. The Morgan fingerprint density at radius 2 is 1.69 bits per heavy atom. The molecule has 3 rings (SSSR count). The minimum absolute atomic E-state index is 0.461. The van der Waals surface area contributed by atoms with Crippen molar-refractivity contribution in [2.45, 2.75) is 46.5 Å². The quantitative estimate of drug-likeness (QED) is 0.545. The van der Waals surface area contributed by atoms with Crippen molar-refractivity contribution >= 4 is 16.5 Å². The van der Waals surface area contributed by atoms with E-state index in [1.165, 1.54) is 32.8 Å². The second-order valence-electron chi connectivity index (χ2n) is 6.99. The topological polar surface area (TPSA) is 24.9 Å². The average Bonchev–Trinajstić information content (AvgIpc) is 3.02. The van der Waals surface area contributed by atoms with Gasteiger partial charge in [0.15, 0.2) is 5.13 Å². The highest BCUT2D eigenvalue weighted by molar-refractivity contribution is 7.15. The van der Waals surface area contributed by atoms with Gasteiger partial charge in [-0.15, -0.1) is 11.3 Å². The molecule has 0 amide bonds. The molecule has 26 heavy (non-hydrogen) atoms. The zero-order valence-electron chi connectivity index (χ0n) is 16.2. The Balaban J connectivity index is 1.70. The molecule has 1 N–H and O–H groups in total. The van der Waals surface area contributed by atoms with Gasteiger partial charge in [0.05, 0.1) is 5.69 Å². The lowest BCUT2D eigenvalue weighted by Crippen LogP contribution is -2.12. The van der Waals surface area contributed by atoms with E-state index < -0.39 is 0 Å². The summed E-state index contributed by atoms with van der Waals surface area (Å²) in [5.74, 6) is 0.461. The van der Waals surface area contributed by atoms with Crippen LogP contribution in [-0.4, -0.2) is 11.5 Å². The minimum Gasteiger partial charge on any atom is -0.361 e. The highest BCUT2D eigenvalue weighted by Crippen LogP contribution is 2.28. The van der Waals surface area contributed by atoms with E-state index in [0.717, 1.165) is 24.5 Å². The molecule has 3 aromatic rings. The predicted octanol–water partition coefficient (Wildman–Crippen LogP) is 6.13. The lowest BCUT2D eigenvalue weighted by Gasteiger charge is -2.17. The van der Waals surface area contributed by atoms with Gasteiger partial charge >= 0.3 is 0 Å². The highest BCUT2D eigenvalue weighted by atomic mass is 32.1. The van der Waals surface area contributed by atoms with E-state index in [9.17, 15) is 0 Å². The molecule has 0 aliphatic rings. The fourth-order valence-corrected chi connectivity index (χ4v) is 4.69. The van der Waals surface area contributed by atoms with Crippen molar-refractivity contribution in [3.05, 3.63) is 81.4 Å². The molecule has 136 valence electrons. The number of aryl methyl sites for hydroxylation is 3. The number of nitrogens with zero attached hydrogens (tertiary/aromatic N) is 1. The molecule has 3 heteroatoms. The Kier molecular flexibility index (Phi) is 6.10. The first kappa shape index (κ1) is 18.7. The van der Waals surface area contributed by atoms with Crippen LogP contribution in [0.3, 0.4) is 0 Å². The fraction of sp³-hybridized carbons (Fsp3) is 0.348. The van der Waals surface area contributed by atoms with Crippen LogP contribution < -0.4 is 5.32 Å². The van der Waals surface area contributed by atoms with Gasteiger partial charge in [-0.1, -0.05) is 62.4 Å². The summed E-state index contributed by atoms with van der Waals surface area (Å²) in [5, 5.41) is 4.63. The Morgan fingerprint density at radius 3 is 2.35 bits per heavy atom. The van der Waals surface area contributed by atoms with Gasteiger partial charge in [0.1, 0.15) is 0 Å². The van der Waals surface area contributed by atoms with E-state index in [0.29, 0.717) is 5.92 Å². The number of hydrogen-bond donors (Lipinski definition) is 1. The van der Waals surface area contributed by atoms with Crippen LogP contribution in [0, 0.1) is 13.8 Å². The second-order valence-corrected chi connectivity index (χ2v) is 8.08. The van der Waals surface area contributed by atoms with E-state index >= 15 is 0 Å². The first-order chi connectivity index (χ1) is 12.6. The van der Waals surface area contributed by atoms with Crippen LogP contribution in [0.15, 0.2) is 48.5 Å².